The van der Waals surface area contributed by atoms with E-state index < -0.39 is 17.4 Å². The first-order valence-electron chi connectivity index (χ1n) is 6.73. The van der Waals surface area contributed by atoms with E-state index >= 15 is 0 Å². The highest BCUT2D eigenvalue weighted by molar-refractivity contribution is 6.06. The summed E-state index contributed by atoms with van der Waals surface area (Å²) in [5.74, 6) is -0.985. The van der Waals surface area contributed by atoms with E-state index in [1.54, 1.807) is 12.1 Å². The van der Waals surface area contributed by atoms with E-state index in [1.807, 2.05) is 0 Å². The molecule has 3 rings (SSSR count). The number of rotatable bonds is 4. The molecule has 0 spiro atoms. The highest BCUT2D eigenvalue weighted by atomic mass is 19.2. The van der Waals surface area contributed by atoms with Gasteiger partial charge in [0.2, 0.25) is 12.5 Å². The summed E-state index contributed by atoms with van der Waals surface area (Å²) in [4.78, 5) is 12.0. The summed E-state index contributed by atoms with van der Waals surface area (Å²) in [7, 11) is 1.50. The zero-order valence-corrected chi connectivity index (χ0v) is 12.1. The Morgan fingerprint density at radius 3 is 2.74 bits per heavy atom. The molecular weight excluding hydrogens is 306 g/mol. The molecule has 0 bridgehead atoms. The minimum atomic E-state index is -1.06. The molecule has 1 aliphatic heterocycles. The molecule has 1 aliphatic rings. The van der Waals surface area contributed by atoms with Gasteiger partial charge in [0.05, 0.1) is 7.11 Å². The molecule has 2 aromatic carbocycles. The van der Waals surface area contributed by atoms with Crippen molar-refractivity contribution in [3.63, 3.8) is 0 Å². The maximum absolute atomic E-state index is 13.2. The molecule has 0 fully saturated rings. The molecule has 0 unspecified atom stereocenters. The summed E-state index contributed by atoms with van der Waals surface area (Å²) < 4.78 is 41.8. The zero-order chi connectivity index (χ0) is 16.4. The van der Waals surface area contributed by atoms with Crippen LogP contribution < -0.4 is 14.2 Å². The Labute approximate surface area is 130 Å². The number of hydrogen-bond acceptors (Lipinski definition) is 4. The standard InChI is InChI=1S/C17H12F2O4/c1-21-15-6-10(7-16-17(15)23-9-22-16)2-5-14(20)11-3-4-12(18)13(19)8-11/h2-8H,9H2,1H3/b5-2+. The second kappa shape index (κ2) is 6.08. The third-order valence-electron chi connectivity index (χ3n) is 3.31. The van der Waals surface area contributed by atoms with E-state index in [2.05, 4.69) is 0 Å². The van der Waals surface area contributed by atoms with Crippen molar-refractivity contribution < 1.29 is 27.8 Å². The van der Waals surface area contributed by atoms with Crippen LogP contribution >= 0.6 is 0 Å². The zero-order valence-electron chi connectivity index (χ0n) is 12.1. The third kappa shape index (κ3) is 3.01. The van der Waals surface area contributed by atoms with Crippen molar-refractivity contribution in [2.75, 3.05) is 13.9 Å². The number of halogens is 2. The molecular formula is C17H12F2O4. The number of ether oxygens (including phenoxy) is 3. The lowest BCUT2D eigenvalue weighted by Gasteiger charge is -2.05. The molecule has 4 nitrogen and oxygen atoms in total. The van der Waals surface area contributed by atoms with E-state index in [0.29, 0.717) is 22.8 Å². The van der Waals surface area contributed by atoms with Crippen LogP contribution in [0.2, 0.25) is 0 Å². The van der Waals surface area contributed by atoms with Crippen molar-refractivity contribution in [2.24, 2.45) is 0 Å². The fraction of sp³-hybridized carbons (Fsp3) is 0.118. The Balaban J connectivity index is 1.85. The maximum Gasteiger partial charge on any atom is 0.231 e. The van der Waals surface area contributed by atoms with Gasteiger partial charge < -0.3 is 14.2 Å². The van der Waals surface area contributed by atoms with Crippen LogP contribution in [-0.2, 0) is 0 Å². The number of fused-ring (bicyclic) bond motifs is 1. The maximum atomic E-state index is 13.2. The average Bonchev–Trinajstić information content (AvgIpc) is 3.02. The number of ketones is 1. The van der Waals surface area contributed by atoms with Crippen LogP contribution in [0.4, 0.5) is 8.78 Å². The predicted octanol–water partition coefficient (Wildman–Crippen LogP) is 3.60. The number of benzene rings is 2. The molecule has 0 amide bonds. The summed E-state index contributed by atoms with van der Waals surface area (Å²) in [6, 6.07) is 6.38. The molecule has 1 heterocycles. The van der Waals surface area contributed by atoms with Crippen molar-refractivity contribution >= 4 is 11.9 Å². The number of allylic oxidation sites excluding steroid dienone is 1. The molecule has 2 aromatic rings. The van der Waals surface area contributed by atoms with Gasteiger partial charge in [-0.25, -0.2) is 8.78 Å². The largest absolute Gasteiger partial charge is 0.493 e. The van der Waals surface area contributed by atoms with Gasteiger partial charge in [-0.05, 0) is 42.0 Å². The summed E-state index contributed by atoms with van der Waals surface area (Å²) >= 11 is 0. The molecule has 0 aliphatic carbocycles. The molecule has 0 radical (unpaired) electrons. The van der Waals surface area contributed by atoms with Gasteiger partial charge in [-0.1, -0.05) is 6.08 Å². The second-order valence-corrected chi connectivity index (χ2v) is 4.78. The van der Waals surface area contributed by atoms with E-state index in [4.69, 9.17) is 14.2 Å². The average molecular weight is 318 g/mol. The van der Waals surface area contributed by atoms with Crippen molar-refractivity contribution in [2.45, 2.75) is 0 Å². The number of carbonyl (C=O) groups excluding carboxylic acids is 1. The first kappa shape index (κ1) is 15.0. The molecule has 0 atom stereocenters. The Morgan fingerprint density at radius 2 is 2.00 bits per heavy atom. The van der Waals surface area contributed by atoms with Crippen LogP contribution in [0, 0.1) is 11.6 Å². The summed E-state index contributed by atoms with van der Waals surface area (Å²) in [6.45, 7) is 0.104. The van der Waals surface area contributed by atoms with Crippen molar-refractivity contribution in [1.82, 2.24) is 0 Å². The van der Waals surface area contributed by atoms with Crippen LogP contribution in [0.15, 0.2) is 36.4 Å². The Bertz CT molecular complexity index is 799. The molecule has 6 heteroatoms. The molecule has 0 N–H and O–H groups in total. The SMILES string of the molecule is COc1cc(/C=C/C(=O)c2ccc(F)c(F)c2)cc2c1OCO2. The summed E-state index contributed by atoms with van der Waals surface area (Å²) in [6.07, 6.45) is 2.80. The van der Waals surface area contributed by atoms with Crippen molar-refractivity contribution in [1.29, 1.82) is 0 Å². The summed E-state index contributed by atoms with van der Waals surface area (Å²) in [5, 5.41) is 0. The molecule has 118 valence electrons. The van der Waals surface area contributed by atoms with Crippen LogP contribution in [0.5, 0.6) is 17.2 Å². The van der Waals surface area contributed by atoms with Gasteiger partial charge in [-0.3, -0.25) is 4.79 Å². The highest BCUT2D eigenvalue weighted by Crippen LogP contribution is 2.42. The van der Waals surface area contributed by atoms with E-state index in [9.17, 15) is 13.6 Å². The van der Waals surface area contributed by atoms with Crippen LogP contribution in [0.1, 0.15) is 15.9 Å². The minimum Gasteiger partial charge on any atom is -0.493 e. The smallest absolute Gasteiger partial charge is 0.231 e. The fourth-order valence-corrected chi connectivity index (χ4v) is 2.16. The Kier molecular flexibility index (Phi) is 3.97. The predicted molar refractivity (Wildman–Crippen MR) is 78.8 cm³/mol. The van der Waals surface area contributed by atoms with Gasteiger partial charge in [-0.2, -0.15) is 0 Å². The van der Waals surface area contributed by atoms with E-state index in [1.165, 1.54) is 25.3 Å². The number of methoxy groups -OCH3 is 1. The van der Waals surface area contributed by atoms with Crippen molar-refractivity contribution in [3.05, 3.63) is 59.2 Å². The minimum absolute atomic E-state index is 0.0628. The van der Waals surface area contributed by atoms with E-state index in [0.717, 1.165) is 12.1 Å². The Hall–Kier alpha value is -2.89. The summed E-state index contributed by atoms with van der Waals surface area (Å²) in [5.41, 5.74) is 0.717. The van der Waals surface area contributed by atoms with Gasteiger partial charge in [-0.15, -0.1) is 0 Å². The Morgan fingerprint density at radius 1 is 1.17 bits per heavy atom. The lowest BCUT2D eigenvalue weighted by molar-refractivity contribution is 0.104. The van der Waals surface area contributed by atoms with Gasteiger partial charge in [0, 0.05) is 5.56 Å². The molecule has 23 heavy (non-hydrogen) atoms. The molecule has 0 saturated heterocycles. The molecule has 0 aromatic heterocycles. The van der Waals surface area contributed by atoms with Crippen molar-refractivity contribution in [3.8, 4) is 17.2 Å². The monoisotopic (exact) mass is 318 g/mol. The van der Waals surface area contributed by atoms with E-state index in [-0.39, 0.29) is 12.4 Å². The highest BCUT2D eigenvalue weighted by Gasteiger charge is 2.19. The van der Waals surface area contributed by atoms with Gasteiger partial charge in [0.15, 0.2) is 28.9 Å². The molecule has 0 saturated carbocycles. The van der Waals surface area contributed by atoms with Crippen LogP contribution in [-0.4, -0.2) is 19.7 Å². The fourth-order valence-electron chi connectivity index (χ4n) is 2.16. The lowest BCUT2D eigenvalue weighted by atomic mass is 10.1. The first-order valence-corrected chi connectivity index (χ1v) is 6.73. The van der Waals surface area contributed by atoms with Gasteiger partial charge >= 0.3 is 0 Å². The van der Waals surface area contributed by atoms with Gasteiger partial charge in [0.1, 0.15) is 0 Å². The normalized spacial score (nSPS) is 12.7. The first-order chi connectivity index (χ1) is 11.1. The van der Waals surface area contributed by atoms with Crippen LogP contribution in [0.25, 0.3) is 6.08 Å². The van der Waals surface area contributed by atoms with Crippen LogP contribution in [0.3, 0.4) is 0 Å². The number of hydrogen-bond donors (Lipinski definition) is 0. The topological polar surface area (TPSA) is 44.8 Å². The van der Waals surface area contributed by atoms with Gasteiger partial charge in [0.25, 0.3) is 0 Å². The quantitative estimate of drug-likeness (QED) is 0.638. The second-order valence-electron chi connectivity index (χ2n) is 4.78. The third-order valence-corrected chi connectivity index (χ3v) is 3.31. The number of carbonyl (C=O) groups is 1. The lowest BCUT2D eigenvalue weighted by Crippen LogP contribution is -1.96.